The standard InChI is InChI=1S/C27H33N3O5S/c1-18(2)35-26-16-22(10-13-24(26)27(32)30-36(3,33)34)20-6-4-19(5-7-20)14-15-29-17-25(31)21-8-11-23(28)12-9-21/h4-13,16,18,25,29,31H,14-15,17,28H2,1-3H3,(H,30,32)/t25-/m0/s1. The van der Waals surface area contributed by atoms with Crippen LogP contribution in [0, 0.1) is 0 Å². The third-order valence-corrected chi connectivity index (χ3v) is 5.96. The van der Waals surface area contributed by atoms with Gasteiger partial charge in [-0.15, -0.1) is 0 Å². The molecule has 36 heavy (non-hydrogen) atoms. The molecule has 0 aromatic heterocycles. The number of hydrogen-bond acceptors (Lipinski definition) is 7. The van der Waals surface area contributed by atoms with Crippen molar-refractivity contribution in [3.8, 4) is 16.9 Å². The third kappa shape index (κ3) is 8.08. The van der Waals surface area contributed by atoms with E-state index in [2.05, 4.69) is 5.32 Å². The second-order valence-electron chi connectivity index (χ2n) is 8.91. The van der Waals surface area contributed by atoms with Crippen molar-refractivity contribution in [2.45, 2.75) is 32.5 Å². The molecule has 3 aromatic rings. The van der Waals surface area contributed by atoms with Gasteiger partial charge in [0, 0.05) is 12.2 Å². The maximum Gasteiger partial charge on any atom is 0.268 e. The Morgan fingerprint density at radius 1 is 1.00 bits per heavy atom. The van der Waals surface area contributed by atoms with E-state index < -0.39 is 22.0 Å². The molecule has 0 aliphatic carbocycles. The number of aliphatic hydroxyl groups is 1. The summed E-state index contributed by atoms with van der Waals surface area (Å²) in [5, 5.41) is 13.6. The van der Waals surface area contributed by atoms with Crippen molar-refractivity contribution in [2.75, 3.05) is 25.1 Å². The number of nitrogen functional groups attached to an aromatic ring is 1. The number of amides is 1. The largest absolute Gasteiger partial charge is 0.490 e. The maximum absolute atomic E-state index is 12.4. The van der Waals surface area contributed by atoms with Crippen molar-refractivity contribution in [2.24, 2.45) is 0 Å². The van der Waals surface area contributed by atoms with E-state index in [9.17, 15) is 18.3 Å². The molecule has 0 radical (unpaired) electrons. The number of benzene rings is 3. The number of anilines is 1. The van der Waals surface area contributed by atoms with Gasteiger partial charge in [-0.3, -0.25) is 4.79 Å². The summed E-state index contributed by atoms with van der Waals surface area (Å²) in [4.78, 5) is 12.4. The highest BCUT2D eigenvalue weighted by molar-refractivity contribution is 7.89. The molecule has 0 aliphatic rings. The second kappa shape index (κ2) is 12.0. The number of carbonyl (C=O) groups excluding carboxylic acids is 1. The molecule has 8 nitrogen and oxygen atoms in total. The van der Waals surface area contributed by atoms with Crippen LogP contribution in [-0.2, 0) is 16.4 Å². The van der Waals surface area contributed by atoms with Gasteiger partial charge >= 0.3 is 0 Å². The minimum atomic E-state index is -3.69. The SMILES string of the molecule is CC(C)Oc1cc(-c2ccc(CCNC[C@H](O)c3ccc(N)cc3)cc2)ccc1C(=O)NS(C)(=O)=O. The van der Waals surface area contributed by atoms with E-state index in [1.807, 2.05) is 55.0 Å². The van der Waals surface area contributed by atoms with Crippen LogP contribution < -0.4 is 20.5 Å². The maximum atomic E-state index is 12.4. The van der Waals surface area contributed by atoms with Gasteiger partial charge in [0.05, 0.1) is 24.0 Å². The van der Waals surface area contributed by atoms with Gasteiger partial charge in [0.1, 0.15) is 5.75 Å². The van der Waals surface area contributed by atoms with Gasteiger partial charge in [-0.2, -0.15) is 0 Å². The predicted molar refractivity (Wildman–Crippen MR) is 142 cm³/mol. The Morgan fingerprint density at radius 3 is 2.25 bits per heavy atom. The molecule has 0 saturated carbocycles. The Kier molecular flexibility index (Phi) is 9.08. The van der Waals surface area contributed by atoms with Gasteiger partial charge in [-0.25, -0.2) is 13.1 Å². The molecule has 0 fully saturated rings. The number of carbonyl (C=O) groups is 1. The van der Waals surface area contributed by atoms with Gasteiger partial charge in [-0.1, -0.05) is 42.5 Å². The molecule has 0 spiro atoms. The molecule has 0 heterocycles. The quantitative estimate of drug-likeness (QED) is 0.230. The molecular weight excluding hydrogens is 478 g/mol. The summed E-state index contributed by atoms with van der Waals surface area (Å²) in [7, 11) is -3.69. The number of hydrogen-bond donors (Lipinski definition) is 4. The average Bonchev–Trinajstić information content (AvgIpc) is 2.81. The van der Waals surface area contributed by atoms with Crippen molar-refractivity contribution in [3.05, 3.63) is 83.4 Å². The van der Waals surface area contributed by atoms with Gasteiger partial charge in [-0.05, 0) is 73.3 Å². The first-order valence-electron chi connectivity index (χ1n) is 11.7. The molecule has 192 valence electrons. The van der Waals surface area contributed by atoms with Crippen LogP contribution in [0.3, 0.4) is 0 Å². The first-order valence-corrected chi connectivity index (χ1v) is 13.6. The minimum Gasteiger partial charge on any atom is -0.490 e. The van der Waals surface area contributed by atoms with E-state index in [4.69, 9.17) is 10.5 Å². The second-order valence-corrected chi connectivity index (χ2v) is 10.7. The van der Waals surface area contributed by atoms with Crippen LogP contribution in [0.1, 0.15) is 41.4 Å². The fraction of sp³-hybridized carbons (Fsp3) is 0.296. The van der Waals surface area contributed by atoms with Crippen LogP contribution in [0.2, 0.25) is 0 Å². The van der Waals surface area contributed by atoms with E-state index in [-0.39, 0.29) is 11.7 Å². The molecule has 0 bridgehead atoms. The Bertz CT molecular complexity index is 1270. The Balaban J connectivity index is 1.62. The molecule has 3 rings (SSSR count). The zero-order valence-corrected chi connectivity index (χ0v) is 21.5. The van der Waals surface area contributed by atoms with Crippen LogP contribution in [0.25, 0.3) is 11.1 Å². The number of ether oxygens (including phenoxy) is 1. The molecule has 1 amide bonds. The highest BCUT2D eigenvalue weighted by Crippen LogP contribution is 2.29. The average molecular weight is 512 g/mol. The van der Waals surface area contributed by atoms with Crippen LogP contribution in [0.5, 0.6) is 5.75 Å². The summed E-state index contributed by atoms with van der Waals surface area (Å²) < 4.78 is 30.7. The lowest BCUT2D eigenvalue weighted by Crippen LogP contribution is -2.30. The fourth-order valence-corrected chi connectivity index (χ4v) is 4.08. The summed E-state index contributed by atoms with van der Waals surface area (Å²) in [6.07, 6.45) is 0.929. The number of nitrogens with one attached hydrogen (secondary N) is 2. The molecule has 1 atom stereocenters. The lowest BCUT2D eigenvalue weighted by atomic mass is 10.0. The first kappa shape index (κ1) is 27.2. The van der Waals surface area contributed by atoms with Crippen molar-refractivity contribution < 1.29 is 23.1 Å². The van der Waals surface area contributed by atoms with Gasteiger partial charge in [0.2, 0.25) is 10.0 Å². The molecule has 3 aromatic carbocycles. The monoisotopic (exact) mass is 511 g/mol. The van der Waals surface area contributed by atoms with E-state index in [1.165, 1.54) is 0 Å². The fourth-order valence-electron chi connectivity index (χ4n) is 3.64. The number of aliphatic hydroxyl groups excluding tert-OH is 1. The summed E-state index contributed by atoms with van der Waals surface area (Å²) in [5.41, 5.74) is 10.2. The third-order valence-electron chi connectivity index (χ3n) is 5.40. The van der Waals surface area contributed by atoms with Gasteiger partial charge < -0.3 is 20.9 Å². The van der Waals surface area contributed by atoms with Gasteiger partial charge in [0.15, 0.2) is 0 Å². The summed E-state index contributed by atoms with van der Waals surface area (Å²) >= 11 is 0. The molecule has 0 aliphatic heterocycles. The normalized spacial score (nSPS) is 12.4. The zero-order valence-electron chi connectivity index (χ0n) is 20.7. The molecule has 5 N–H and O–H groups in total. The van der Waals surface area contributed by atoms with Crippen molar-refractivity contribution in [1.82, 2.24) is 10.0 Å². The van der Waals surface area contributed by atoms with E-state index in [0.717, 1.165) is 34.9 Å². The van der Waals surface area contributed by atoms with E-state index in [1.54, 1.807) is 30.3 Å². The molecule has 0 unspecified atom stereocenters. The van der Waals surface area contributed by atoms with Crippen LogP contribution in [0.15, 0.2) is 66.7 Å². The smallest absolute Gasteiger partial charge is 0.268 e. The number of sulfonamides is 1. The highest BCUT2D eigenvalue weighted by atomic mass is 32.2. The lowest BCUT2D eigenvalue weighted by molar-refractivity contribution is 0.0976. The Morgan fingerprint density at radius 2 is 1.64 bits per heavy atom. The van der Waals surface area contributed by atoms with Crippen molar-refractivity contribution in [3.63, 3.8) is 0 Å². The molecule has 0 saturated heterocycles. The summed E-state index contributed by atoms with van der Waals surface area (Å²) in [6, 6.07) is 20.3. The van der Waals surface area contributed by atoms with Gasteiger partial charge in [0.25, 0.3) is 5.91 Å². The number of nitrogens with two attached hydrogens (primary N) is 1. The summed E-state index contributed by atoms with van der Waals surface area (Å²) in [6.45, 7) is 4.83. The Labute approximate surface area is 212 Å². The number of rotatable bonds is 11. The zero-order chi connectivity index (χ0) is 26.3. The minimum absolute atomic E-state index is 0.154. The predicted octanol–water partition coefficient (Wildman–Crippen LogP) is 3.28. The molecular formula is C27H33N3O5S. The lowest BCUT2D eigenvalue weighted by Gasteiger charge is -2.16. The van der Waals surface area contributed by atoms with Crippen molar-refractivity contribution in [1.29, 1.82) is 0 Å². The van der Waals surface area contributed by atoms with Crippen LogP contribution >= 0.6 is 0 Å². The topological polar surface area (TPSA) is 131 Å². The molecule has 9 heteroatoms. The first-order chi connectivity index (χ1) is 17.0. The van der Waals surface area contributed by atoms with E-state index >= 15 is 0 Å². The highest BCUT2D eigenvalue weighted by Gasteiger charge is 2.18. The van der Waals surface area contributed by atoms with E-state index in [0.29, 0.717) is 24.5 Å². The van der Waals surface area contributed by atoms with Crippen LogP contribution in [-0.4, -0.2) is 44.9 Å². The summed E-state index contributed by atoms with van der Waals surface area (Å²) in [5.74, 6) is -0.416. The van der Waals surface area contributed by atoms with Crippen LogP contribution in [0.4, 0.5) is 5.69 Å². The Hall–Kier alpha value is -3.40. The van der Waals surface area contributed by atoms with Crippen molar-refractivity contribution >= 4 is 21.6 Å².